The number of anilines is 1. The largest absolute Gasteiger partial charge is 0.399 e. The van der Waals surface area contributed by atoms with Crippen LogP contribution in [0.2, 0.25) is 0 Å². The summed E-state index contributed by atoms with van der Waals surface area (Å²) >= 11 is 0. The van der Waals surface area contributed by atoms with Crippen molar-refractivity contribution in [2.75, 3.05) is 39.5 Å². The number of hydrogen-bond donors (Lipinski definition) is 2. The second-order valence-electron chi connectivity index (χ2n) is 4.72. The van der Waals surface area contributed by atoms with Crippen molar-refractivity contribution in [1.82, 2.24) is 9.80 Å². The van der Waals surface area contributed by atoms with Crippen molar-refractivity contribution in [2.45, 2.75) is 6.54 Å². The molecule has 0 radical (unpaired) electrons. The summed E-state index contributed by atoms with van der Waals surface area (Å²) in [6.45, 7) is 2.68. The van der Waals surface area contributed by atoms with Crippen LogP contribution in [0.3, 0.4) is 0 Å². The van der Waals surface area contributed by atoms with Gasteiger partial charge in [-0.2, -0.15) is 0 Å². The first-order valence-corrected chi connectivity index (χ1v) is 5.97. The average Bonchev–Trinajstić information content (AvgIpc) is 2.28. The fourth-order valence-electron chi connectivity index (χ4n) is 1.66. The minimum Gasteiger partial charge on any atom is -0.399 e. The van der Waals surface area contributed by atoms with Crippen molar-refractivity contribution in [3.63, 3.8) is 0 Å². The van der Waals surface area contributed by atoms with Crippen LogP contribution in [-0.2, 0) is 11.3 Å². The minimum atomic E-state index is -0.302. The lowest BCUT2D eigenvalue weighted by Gasteiger charge is -2.22. The Labute approximate surface area is 108 Å². The molecule has 0 fully saturated rings. The molecule has 4 N–H and O–H groups in total. The van der Waals surface area contributed by atoms with Crippen LogP contribution in [0.15, 0.2) is 24.3 Å². The van der Waals surface area contributed by atoms with Gasteiger partial charge in [-0.15, -0.1) is 0 Å². The van der Waals surface area contributed by atoms with Crippen LogP contribution in [0, 0.1) is 0 Å². The molecule has 0 aromatic heterocycles. The minimum absolute atomic E-state index is 0.276. The van der Waals surface area contributed by atoms with Gasteiger partial charge in [0.25, 0.3) is 0 Å². The molecule has 0 heterocycles. The van der Waals surface area contributed by atoms with Crippen LogP contribution in [0.25, 0.3) is 0 Å². The zero-order chi connectivity index (χ0) is 13.5. The lowest BCUT2D eigenvalue weighted by molar-refractivity contribution is -0.119. The van der Waals surface area contributed by atoms with E-state index in [1.54, 1.807) is 0 Å². The number of hydrogen-bond acceptors (Lipinski definition) is 4. The molecule has 18 heavy (non-hydrogen) atoms. The summed E-state index contributed by atoms with van der Waals surface area (Å²) in [5.74, 6) is -0.302. The second kappa shape index (κ2) is 6.98. The Kier molecular flexibility index (Phi) is 5.61. The fourth-order valence-corrected chi connectivity index (χ4v) is 1.66. The molecule has 0 spiro atoms. The third-order valence-electron chi connectivity index (χ3n) is 2.63. The number of primary amides is 1. The number of benzene rings is 1. The molecule has 0 aliphatic heterocycles. The molecule has 1 aromatic rings. The van der Waals surface area contributed by atoms with Crippen molar-refractivity contribution >= 4 is 11.6 Å². The second-order valence-corrected chi connectivity index (χ2v) is 4.72. The normalized spacial score (nSPS) is 11.1. The lowest BCUT2D eigenvalue weighted by atomic mass is 10.2. The Balaban J connectivity index is 2.59. The van der Waals surface area contributed by atoms with E-state index in [4.69, 9.17) is 11.5 Å². The standard InChI is InChI=1S/C13H22N4O/c1-16(2)7-8-17(10-13(15)18)9-11-3-5-12(14)6-4-11/h3-6H,7-10,14H2,1-2H3,(H2,15,18). The molecule has 1 rings (SSSR count). The summed E-state index contributed by atoms with van der Waals surface area (Å²) in [7, 11) is 4.01. The molecule has 1 aromatic carbocycles. The van der Waals surface area contributed by atoms with Crippen LogP contribution in [0.5, 0.6) is 0 Å². The molecular formula is C13H22N4O. The van der Waals surface area contributed by atoms with Gasteiger partial charge in [0, 0.05) is 25.3 Å². The van der Waals surface area contributed by atoms with Gasteiger partial charge in [0.2, 0.25) is 5.91 Å². The topological polar surface area (TPSA) is 75.6 Å². The number of likely N-dealkylation sites (N-methyl/N-ethyl adjacent to an activating group) is 1. The van der Waals surface area contributed by atoms with Crippen LogP contribution in [0.4, 0.5) is 5.69 Å². The Bertz CT molecular complexity index is 375. The third-order valence-corrected chi connectivity index (χ3v) is 2.63. The maximum atomic E-state index is 11.0. The Morgan fingerprint density at radius 1 is 1.17 bits per heavy atom. The van der Waals surface area contributed by atoms with E-state index < -0.39 is 0 Å². The number of nitrogens with two attached hydrogens (primary N) is 2. The Morgan fingerprint density at radius 2 is 1.78 bits per heavy atom. The molecular weight excluding hydrogens is 228 g/mol. The summed E-state index contributed by atoms with van der Waals surface area (Å²) in [5, 5.41) is 0. The van der Waals surface area contributed by atoms with Crippen molar-refractivity contribution < 1.29 is 4.79 Å². The molecule has 100 valence electrons. The molecule has 0 unspecified atom stereocenters. The van der Waals surface area contributed by atoms with Gasteiger partial charge in [0.1, 0.15) is 0 Å². The van der Waals surface area contributed by atoms with E-state index in [2.05, 4.69) is 4.90 Å². The highest BCUT2D eigenvalue weighted by atomic mass is 16.1. The molecule has 0 aliphatic carbocycles. The molecule has 0 atom stereocenters. The number of carbonyl (C=O) groups excluding carboxylic acids is 1. The predicted octanol–water partition coefficient (Wildman–Crippen LogP) is 0.118. The van der Waals surface area contributed by atoms with E-state index in [-0.39, 0.29) is 12.5 Å². The summed E-state index contributed by atoms with van der Waals surface area (Å²) < 4.78 is 0. The SMILES string of the molecule is CN(C)CCN(CC(N)=O)Cc1ccc(N)cc1. The number of nitrogens with zero attached hydrogens (tertiary/aromatic N) is 2. The summed E-state index contributed by atoms with van der Waals surface area (Å²) in [4.78, 5) is 15.2. The highest BCUT2D eigenvalue weighted by molar-refractivity contribution is 5.75. The lowest BCUT2D eigenvalue weighted by Crippen LogP contribution is -2.37. The first kappa shape index (κ1) is 14.5. The van der Waals surface area contributed by atoms with Crippen molar-refractivity contribution in [3.05, 3.63) is 29.8 Å². The third kappa shape index (κ3) is 5.65. The molecule has 1 amide bonds. The number of carbonyl (C=O) groups is 1. The average molecular weight is 250 g/mol. The molecule has 5 nitrogen and oxygen atoms in total. The number of rotatable bonds is 7. The first-order chi connectivity index (χ1) is 8.47. The van der Waals surface area contributed by atoms with Crippen molar-refractivity contribution in [2.24, 2.45) is 5.73 Å². The van der Waals surface area contributed by atoms with Gasteiger partial charge >= 0.3 is 0 Å². The van der Waals surface area contributed by atoms with E-state index in [0.717, 1.165) is 24.3 Å². The first-order valence-electron chi connectivity index (χ1n) is 5.97. The molecule has 0 saturated heterocycles. The highest BCUT2D eigenvalue weighted by Crippen LogP contribution is 2.08. The molecule has 5 heteroatoms. The van der Waals surface area contributed by atoms with Crippen molar-refractivity contribution in [1.29, 1.82) is 0 Å². The zero-order valence-electron chi connectivity index (χ0n) is 11.1. The van der Waals surface area contributed by atoms with Gasteiger partial charge in [-0.1, -0.05) is 12.1 Å². The maximum absolute atomic E-state index is 11.0. The summed E-state index contributed by atoms with van der Waals surface area (Å²) in [5.41, 5.74) is 12.8. The van der Waals surface area contributed by atoms with E-state index in [1.165, 1.54) is 0 Å². The van der Waals surface area contributed by atoms with Crippen molar-refractivity contribution in [3.8, 4) is 0 Å². The van der Waals surface area contributed by atoms with Gasteiger partial charge < -0.3 is 16.4 Å². The molecule has 0 aliphatic rings. The van der Waals surface area contributed by atoms with Gasteiger partial charge in [-0.3, -0.25) is 9.69 Å². The van der Waals surface area contributed by atoms with E-state index in [1.807, 2.05) is 43.3 Å². The van der Waals surface area contributed by atoms with E-state index in [0.29, 0.717) is 6.54 Å². The molecule has 0 bridgehead atoms. The monoisotopic (exact) mass is 250 g/mol. The van der Waals surface area contributed by atoms with Crippen LogP contribution < -0.4 is 11.5 Å². The van der Waals surface area contributed by atoms with E-state index in [9.17, 15) is 4.79 Å². The Morgan fingerprint density at radius 3 is 2.28 bits per heavy atom. The fraction of sp³-hybridized carbons (Fsp3) is 0.462. The van der Waals surface area contributed by atoms with Gasteiger partial charge in [-0.25, -0.2) is 0 Å². The molecule has 0 saturated carbocycles. The highest BCUT2D eigenvalue weighted by Gasteiger charge is 2.09. The zero-order valence-corrected chi connectivity index (χ0v) is 11.1. The van der Waals surface area contributed by atoms with Crippen LogP contribution in [-0.4, -0.2) is 49.4 Å². The van der Waals surface area contributed by atoms with Crippen LogP contribution in [0.1, 0.15) is 5.56 Å². The quantitative estimate of drug-likeness (QED) is 0.674. The van der Waals surface area contributed by atoms with Gasteiger partial charge in [0.05, 0.1) is 6.54 Å². The maximum Gasteiger partial charge on any atom is 0.231 e. The number of nitrogen functional groups attached to an aromatic ring is 1. The van der Waals surface area contributed by atoms with Gasteiger partial charge in [-0.05, 0) is 31.8 Å². The predicted molar refractivity (Wildman–Crippen MR) is 73.9 cm³/mol. The van der Waals surface area contributed by atoms with Crippen LogP contribution >= 0.6 is 0 Å². The smallest absolute Gasteiger partial charge is 0.231 e. The number of amides is 1. The van der Waals surface area contributed by atoms with Gasteiger partial charge in [0.15, 0.2) is 0 Å². The Hall–Kier alpha value is -1.59. The van der Waals surface area contributed by atoms with E-state index >= 15 is 0 Å². The summed E-state index contributed by atoms with van der Waals surface area (Å²) in [6.07, 6.45) is 0. The summed E-state index contributed by atoms with van der Waals surface area (Å²) in [6, 6.07) is 7.67.